The Morgan fingerprint density at radius 1 is 1.40 bits per heavy atom. The van der Waals surface area contributed by atoms with E-state index in [-0.39, 0.29) is 11.9 Å². The third-order valence-electron chi connectivity index (χ3n) is 3.00. The Balaban J connectivity index is 2.04. The second-order valence-electron chi connectivity index (χ2n) is 5.35. The minimum absolute atomic E-state index is 0.0725. The largest absolute Gasteiger partial charge is 0.443 e. The van der Waals surface area contributed by atoms with E-state index in [2.05, 4.69) is 0 Å². The summed E-state index contributed by atoms with van der Waals surface area (Å²) in [6.07, 6.45) is 2.05. The van der Waals surface area contributed by atoms with Crippen LogP contribution >= 0.6 is 0 Å². The van der Waals surface area contributed by atoms with Gasteiger partial charge in [-0.3, -0.25) is 4.79 Å². The van der Waals surface area contributed by atoms with E-state index in [1.165, 1.54) is 4.90 Å². The van der Waals surface area contributed by atoms with Gasteiger partial charge >= 0.3 is 6.09 Å². The summed E-state index contributed by atoms with van der Waals surface area (Å²) in [6.45, 7) is 5.43. The van der Waals surface area contributed by atoms with E-state index in [0.717, 1.165) is 12.8 Å². The van der Waals surface area contributed by atoms with Gasteiger partial charge in [0.25, 0.3) is 0 Å². The molecule has 0 aromatic rings. The van der Waals surface area contributed by atoms with Crippen molar-refractivity contribution in [3.63, 3.8) is 0 Å². The highest BCUT2D eigenvalue weighted by Crippen LogP contribution is 2.41. The van der Waals surface area contributed by atoms with Crippen molar-refractivity contribution in [1.29, 1.82) is 0 Å². The van der Waals surface area contributed by atoms with E-state index in [1.54, 1.807) is 0 Å². The molecule has 2 aliphatic rings. The van der Waals surface area contributed by atoms with Gasteiger partial charge in [0.2, 0.25) is 5.91 Å². The van der Waals surface area contributed by atoms with Gasteiger partial charge in [0.05, 0.1) is 0 Å². The number of amides is 2. The normalized spacial score (nSPS) is 29.8. The molecule has 0 aromatic heterocycles. The maximum absolute atomic E-state index is 11.7. The van der Waals surface area contributed by atoms with E-state index in [0.29, 0.717) is 12.3 Å². The molecule has 84 valence electrons. The standard InChI is InChI=1S/C11H17NO3/c1-11(2,3)15-10(14)12-8-5-4-7(8)6-9(12)13/h7-8H,4-6H2,1-3H3/t7-,8-/m1/s1. The summed E-state index contributed by atoms with van der Waals surface area (Å²) in [4.78, 5) is 24.7. The Bertz CT molecular complexity index is 305. The minimum atomic E-state index is -0.529. The van der Waals surface area contributed by atoms with Gasteiger partial charge < -0.3 is 4.74 Å². The topological polar surface area (TPSA) is 46.6 Å². The summed E-state index contributed by atoms with van der Waals surface area (Å²) >= 11 is 0. The highest BCUT2D eigenvalue weighted by atomic mass is 16.6. The number of fused-ring (bicyclic) bond motifs is 1. The zero-order valence-corrected chi connectivity index (χ0v) is 9.45. The van der Waals surface area contributed by atoms with Crippen LogP contribution in [-0.4, -0.2) is 28.5 Å². The van der Waals surface area contributed by atoms with Crippen molar-refractivity contribution in [2.75, 3.05) is 0 Å². The smallest absolute Gasteiger partial charge is 0.417 e. The number of likely N-dealkylation sites (tertiary alicyclic amines) is 1. The fourth-order valence-electron chi connectivity index (χ4n) is 2.19. The minimum Gasteiger partial charge on any atom is -0.443 e. The molecule has 0 N–H and O–H groups in total. The first kappa shape index (κ1) is 10.5. The molecular weight excluding hydrogens is 194 g/mol. The predicted octanol–water partition coefficient (Wildman–Crippen LogP) is 1.93. The molecule has 4 heteroatoms. The zero-order chi connectivity index (χ0) is 11.2. The third-order valence-corrected chi connectivity index (χ3v) is 3.00. The van der Waals surface area contributed by atoms with Crippen molar-refractivity contribution in [2.45, 2.75) is 51.7 Å². The van der Waals surface area contributed by atoms with Gasteiger partial charge in [0.1, 0.15) is 5.60 Å². The van der Waals surface area contributed by atoms with E-state index >= 15 is 0 Å². The first-order chi connectivity index (χ1) is 6.88. The molecule has 1 aliphatic heterocycles. The van der Waals surface area contributed by atoms with Gasteiger partial charge in [-0.25, -0.2) is 9.69 Å². The van der Waals surface area contributed by atoms with Crippen LogP contribution in [0.1, 0.15) is 40.0 Å². The predicted molar refractivity (Wildman–Crippen MR) is 54.2 cm³/mol. The molecule has 15 heavy (non-hydrogen) atoms. The number of imide groups is 1. The van der Waals surface area contributed by atoms with Gasteiger partial charge in [-0.1, -0.05) is 0 Å². The number of carbonyl (C=O) groups excluding carboxylic acids is 2. The Morgan fingerprint density at radius 3 is 2.47 bits per heavy atom. The van der Waals surface area contributed by atoms with Gasteiger partial charge in [-0.15, -0.1) is 0 Å². The number of ether oxygens (including phenoxy) is 1. The molecule has 4 nitrogen and oxygen atoms in total. The number of nitrogens with zero attached hydrogens (tertiary/aromatic N) is 1. The maximum atomic E-state index is 11.7. The van der Waals surface area contributed by atoms with Gasteiger partial charge in [-0.2, -0.15) is 0 Å². The number of rotatable bonds is 0. The summed E-state index contributed by atoms with van der Waals surface area (Å²) in [7, 11) is 0. The Morgan fingerprint density at radius 2 is 2.07 bits per heavy atom. The molecule has 0 unspecified atom stereocenters. The van der Waals surface area contributed by atoms with E-state index < -0.39 is 11.7 Å². The molecule has 0 radical (unpaired) electrons. The van der Waals surface area contributed by atoms with Gasteiger partial charge in [0.15, 0.2) is 0 Å². The van der Waals surface area contributed by atoms with Crippen LogP contribution in [0.3, 0.4) is 0 Å². The monoisotopic (exact) mass is 211 g/mol. The van der Waals surface area contributed by atoms with Crippen LogP contribution in [0.5, 0.6) is 0 Å². The lowest BCUT2D eigenvalue weighted by molar-refractivity contribution is -0.128. The number of hydrogen-bond acceptors (Lipinski definition) is 3. The molecule has 1 saturated carbocycles. The lowest BCUT2D eigenvalue weighted by atomic mass is 9.80. The summed E-state index contributed by atoms with van der Waals surface area (Å²) in [6, 6.07) is 0.118. The third kappa shape index (κ3) is 1.85. The SMILES string of the molecule is CC(C)(C)OC(=O)N1C(=O)C[C@H]2CC[C@H]21. The van der Waals surface area contributed by atoms with Crippen molar-refractivity contribution < 1.29 is 14.3 Å². The summed E-state index contributed by atoms with van der Waals surface area (Å²) in [5, 5.41) is 0. The van der Waals surface area contributed by atoms with Gasteiger partial charge in [0, 0.05) is 12.5 Å². The van der Waals surface area contributed by atoms with Crippen LogP contribution in [0.25, 0.3) is 0 Å². The summed E-state index contributed by atoms with van der Waals surface area (Å²) in [5.74, 6) is 0.321. The summed E-state index contributed by atoms with van der Waals surface area (Å²) < 4.78 is 5.21. The van der Waals surface area contributed by atoms with Crippen LogP contribution in [0.4, 0.5) is 4.79 Å². The molecular formula is C11H17NO3. The molecule has 0 aromatic carbocycles. The van der Waals surface area contributed by atoms with Crippen LogP contribution in [0, 0.1) is 5.92 Å². The van der Waals surface area contributed by atoms with Crippen molar-refractivity contribution in [3.8, 4) is 0 Å². The first-order valence-corrected chi connectivity index (χ1v) is 5.43. The van der Waals surface area contributed by atoms with E-state index in [4.69, 9.17) is 4.74 Å². The second-order valence-corrected chi connectivity index (χ2v) is 5.35. The Labute approximate surface area is 89.6 Å². The molecule has 1 aliphatic carbocycles. The molecule has 2 amide bonds. The molecule has 0 spiro atoms. The van der Waals surface area contributed by atoms with Crippen molar-refractivity contribution in [3.05, 3.63) is 0 Å². The van der Waals surface area contributed by atoms with Crippen LogP contribution in [0.2, 0.25) is 0 Å². The second kappa shape index (κ2) is 3.22. The quantitative estimate of drug-likeness (QED) is 0.615. The Kier molecular flexibility index (Phi) is 2.24. The molecule has 2 fully saturated rings. The van der Waals surface area contributed by atoms with Gasteiger partial charge in [-0.05, 0) is 39.5 Å². The highest BCUT2D eigenvalue weighted by molar-refractivity contribution is 5.94. The molecule has 2 atom stereocenters. The summed E-state index contributed by atoms with van der Waals surface area (Å²) in [5.41, 5.74) is -0.529. The fourth-order valence-corrected chi connectivity index (χ4v) is 2.19. The van der Waals surface area contributed by atoms with Crippen LogP contribution in [-0.2, 0) is 9.53 Å². The zero-order valence-electron chi connectivity index (χ0n) is 9.45. The average Bonchev–Trinajstić information content (AvgIpc) is 2.23. The maximum Gasteiger partial charge on any atom is 0.417 e. The number of hydrogen-bond donors (Lipinski definition) is 0. The van der Waals surface area contributed by atoms with E-state index in [9.17, 15) is 9.59 Å². The lowest BCUT2D eigenvalue weighted by Gasteiger charge is -2.35. The number of carbonyl (C=O) groups is 2. The van der Waals surface area contributed by atoms with Crippen molar-refractivity contribution in [1.82, 2.24) is 4.90 Å². The average molecular weight is 211 g/mol. The molecule has 0 bridgehead atoms. The van der Waals surface area contributed by atoms with Crippen molar-refractivity contribution >= 4 is 12.0 Å². The molecule has 1 heterocycles. The van der Waals surface area contributed by atoms with Crippen LogP contribution in [0.15, 0.2) is 0 Å². The molecule has 1 saturated heterocycles. The fraction of sp³-hybridized carbons (Fsp3) is 0.818. The van der Waals surface area contributed by atoms with Crippen molar-refractivity contribution in [2.24, 2.45) is 5.92 Å². The van der Waals surface area contributed by atoms with Crippen LogP contribution < -0.4 is 0 Å². The molecule has 2 rings (SSSR count). The first-order valence-electron chi connectivity index (χ1n) is 5.43. The highest BCUT2D eigenvalue weighted by Gasteiger charge is 2.49. The lowest BCUT2D eigenvalue weighted by Crippen LogP contribution is -2.46. The van der Waals surface area contributed by atoms with E-state index in [1.807, 2.05) is 20.8 Å². The Hall–Kier alpha value is -1.06.